The van der Waals surface area contributed by atoms with Crippen molar-refractivity contribution >= 4 is 27.9 Å². The van der Waals surface area contributed by atoms with E-state index in [4.69, 9.17) is 9.84 Å². The van der Waals surface area contributed by atoms with Gasteiger partial charge < -0.3 is 20.5 Å². The van der Waals surface area contributed by atoms with Gasteiger partial charge in [-0.1, -0.05) is 28.1 Å². The summed E-state index contributed by atoms with van der Waals surface area (Å²) in [6.07, 6.45) is 0. The van der Waals surface area contributed by atoms with E-state index in [-0.39, 0.29) is 19.3 Å². The maximum atomic E-state index is 11.9. The van der Waals surface area contributed by atoms with Crippen LogP contribution in [0.1, 0.15) is 18.5 Å². The molecule has 0 radical (unpaired) electrons. The molecule has 0 aromatic heterocycles. The summed E-state index contributed by atoms with van der Waals surface area (Å²) in [6.45, 7) is 2.21. The quantitative estimate of drug-likeness (QED) is 0.768. The number of urea groups is 1. The van der Waals surface area contributed by atoms with Gasteiger partial charge in [0.2, 0.25) is 0 Å². The van der Waals surface area contributed by atoms with Crippen molar-refractivity contribution in [2.24, 2.45) is 5.92 Å². The van der Waals surface area contributed by atoms with Gasteiger partial charge in [-0.25, -0.2) is 4.79 Å². The van der Waals surface area contributed by atoms with Gasteiger partial charge in [-0.15, -0.1) is 0 Å². The molecule has 114 valence electrons. The lowest BCUT2D eigenvalue weighted by molar-refractivity contribution is -0.142. The van der Waals surface area contributed by atoms with Gasteiger partial charge in [0, 0.05) is 4.47 Å². The molecule has 0 aliphatic carbocycles. The molecule has 1 aromatic rings. The summed E-state index contributed by atoms with van der Waals surface area (Å²) in [5, 5.41) is 14.5. The molecule has 0 spiro atoms. The van der Waals surface area contributed by atoms with Crippen LogP contribution in [0.5, 0.6) is 0 Å². The van der Waals surface area contributed by atoms with Gasteiger partial charge in [0.1, 0.15) is 5.92 Å². The Morgan fingerprint density at radius 2 is 2.00 bits per heavy atom. The molecule has 3 atom stereocenters. The summed E-state index contributed by atoms with van der Waals surface area (Å²) < 4.78 is 6.07. The van der Waals surface area contributed by atoms with Crippen molar-refractivity contribution in [1.82, 2.24) is 10.6 Å². The molecular weight excluding hydrogens is 340 g/mol. The van der Waals surface area contributed by atoms with Gasteiger partial charge in [0.15, 0.2) is 0 Å². The van der Waals surface area contributed by atoms with Gasteiger partial charge in [0.25, 0.3) is 0 Å². The van der Waals surface area contributed by atoms with E-state index in [1.165, 1.54) is 0 Å². The van der Waals surface area contributed by atoms with Crippen LogP contribution >= 0.6 is 15.9 Å². The zero-order chi connectivity index (χ0) is 15.4. The number of hydrogen-bond donors (Lipinski definition) is 3. The van der Waals surface area contributed by atoms with Crippen LogP contribution in [0.15, 0.2) is 28.7 Å². The van der Waals surface area contributed by atoms with Gasteiger partial charge in [-0.05, 0) is 24.6 Å². The summed E-state index contributed by atoms with van der Waals surface area (Å²) in [5.41, 5.74) is 0.964. The predicted octanol–water partition coefficient (Wildman–Crippen LogP) is 1.91. The molecule has 21 heavy (non-hydrogen) atoms. The summed E-state index contributed by atoms with van der Waals surface area (Å²) in [6, 6.07) is 6.55. The number of ether oxygens (including phenoxy) is 1. The Morgan fingerprint density at radius 3 is 2.62 bits per heavy atom. The SMILES string of the molecule is CC(NC(=O)NC1COCC1C(=O)O)c1ccc(Br)cc1. The van der Waals surface area contributed by atoms with Crippen LogP contribution in [0.4, 0.5) is 4.79 Å². The predicted molar refractivity (Wildman–Crippen MR) is 80.0 cm³/mol. The lowest BCUT2D eigenvalue weighted by Gasteiger charge is -2.19. The number of carbonyl (C=O) groups is 2. The normalized spacial score (nSPS) is 22.6. The Labute approximate surface area is 131 Å². The van der Waals surface area contributed by atoms with E-state index in [1.54, 1.807) is 0 Å². The third-order valence-corrected chi connectivity index (χ3v) is 3.96. The van der Waals surface area contributed by atoms with E-state index in [0.717, 1.165) is 10.0 Å². The molecule has 3 unspecified atom stereocenters. The Hall–Kier alpha value is -1.60. The van der Waals surface area contributed by atoms with Gasteiger partial charge in [-0.2, -0.15) is 0 Å². The fourth-order valence-corrected chi connectivity index (χ4v) is 2.45. The maximum Gasteiger partial charge on any atom is 0.315 e. The third kappa shape index (κ3) is 4.18. The van der Waals surface area contributed by atoms with Gasteiger partial charge >= 0.3 is 12.0 Å². The number of hydrogen-bond acceptors (Lipinski definition) is 3. The Kier molecular flexibility index (Phi) is 5.19. The molecule has 1 saturated heterocycles. The standard InChI is InChI=1S/C14H17BrN2O4/c1-8(9-2-4-10(15)5-3-9)16-14(20)17-12-7-21-6-11(12)13(18)19/h2-5,8,11-12H,6-7H2,1H3,(H,18,19)(H2,16,17,20). The highest BCUT2D eigenvalue weighted by molar-refractivity contribution is 9.10. The van der Waals surface area contributed by atoms with Crippen LogP contribution in [0, 0.1) is 5.92 Å². The third-order valence-electron chi connectivity index (χ3n) is 3.43. The smallest absolute Gasteiger partial charge is 0.315 e. The fourth-order valence-electron chi connectivity index (χ4n) is 2.18. The van der Waals surface area contributed by atoms with Crippen LogP contribution in [-0.4, -0.2) is 36.4 Å². The minimum atomic E-state index is -0.959. The maximum absolute atomic E-state index is 11.9. The molecule has 1 aliphatic heterocycles. The first-order valence-corrected chi connectivity index (χ1v) is 7.39. The summed E-state index contributed by atoms with van der Waals surface area (Å²) in [4.78, 5) is 23.0. The zero-order valence-corrected chi connectivity index (χ0v) is 13.1. The van der Waals surface area contributed by atoms with Crippen molar-refractivity contribution in [2.75, 3.05) is 13.2 Å². The first kappa shape index (κ1) is 15.8. The van der Waals surface area contributed by atoms with E-state index < -0.39 is 24.0 Å². The van der Waals surface area contributed by atoms with E-state index in [0.29, 0.717) is 0 Å². The highest BCUT2D eigenvalue weighted by Gasteiger charge is 2.35. The number of carboxylic acids is 1. The van der Waals surface area contributed by atoms with Crippen LogP contribution in [0.2, 0.25) is 0 Å². The number of carbonyl (C=O) groups excluding carboxylic acids is 1. The Bertz CT molecular complexity index is 520. The first-order valence-electron chi connectivity index (χ1n) is 6.60. The lowest BCUT2D eigenvalue weighted by Crippen LogP contribution is -2.47. The summed E-state index contributed by atoms with van der Waals surface area (Å²) in [7, 11) is 0. The molecule has 1 heterocycles. The summed E-state index contributed by atoms with van der Waals surface area (Å²) in [5.74, 6) is -1.66. The molecule has 7 heteroatoms. The van der Waals surface area contributed by atoms with E-state index >= 15 is 0 Å². The molecule has 6 nitrogen and oxygen atoms in total. The number of halogens is 1. The number of carboxylic acid groups (broad SMARTS) is 1. The van der Waals surface area contributed by atoms with Crippen molar-refractivity contribution in [2.45, 2.75) is 19.0 Å². The number of rotatable bonds is 4. The highest BCUT2D eigenvalue weighted by Crippen LogP contribution is 2.17. The average molecular weight is 357 g/mol. The Balaban J connectivity index is 1.89. The minimum Gasteiger partial charge on any atom is -0.481 e. The van der Waals surface area contributed by atoms with Crippen LogP contribution in [-0.2, 0) is 9.53 Å². The number of aliphatic carboxylic acids is 1. The number of benzene rings is 1. The first-order chi connectivity index (χ1) is 9.97. The lowest BCUT2D eigenvalue weighted by atomic mass is 10.0. The van der Waals surface area contributed by atoms with Crippen LogP contribution in [0.3, 0.4) is 0 Å². The topological polar surface area (TPSA) is 87.7 Å². The molecule has 2 amide bonds. The zero-order valence-electron chi connectivity index (χ0n) is 11.5. The second kappa shape index (κ2) is 6.91. The molecular formula is C14H17BrN2O4. The van der Waals surface area contributed by atoms with Crippen molar-refractivity contribution in [3.63, 3.8) is 0 Å². The summed E-state index contributed by atoms with van der Waals surface area (Å²) >= 11 is 3.35. The largest absolute Gasteiger partial charge is 0.481 e. The fraction of sp³-hybridized carbons (Fsp3) is 0.429. The van der Waals surface area contributed by atoms with Crippen LogP contribution in [0.25, 0.3) is 0 Å². The molecule has 3 N–H and O–H groups in total. The minimum absolute atomic E-state index is 0.128. The molecule has 1 fully saturated rings. The second-order valence-corrected chi connectivity index (χ2v) is 5.90. The average Bonchev–Trinajstić information content (AvgIpc) is 2.87. The molecule has 1 aromatic carbocycles. The second-order valence-electron chi connectivity index (χ2n) is 4.98. The number of amides is 2. The monoisotopic (exact) mass is 356 g/mol. The number of nitrogens with one attached hydrogen (secondary N) is 2. The van der Waals surface area contributed by atoms with Crippen LogP contribution < -0.4 is 10.6 Å². The van der Waals surface area contributed by atoms with E-state index in [1.807, 2.05) is 31.2 Å². The molecule has 1 aliphatic rings. The van der Waals surface area contributed by atoms with Crippen molar-refractivity contribution in [1.29, 1.82) is 0 Å². The van der Waals surface area contributed by atoms with Crippen molar-refractivity contribution < 1.29 is 19.4 Å². The highest BCUT2D eigenvalue weighted by atomic mass is 79.9. The van der Waals surface area contributed by atoms with E-state index in [9.17, 15) is 9.59 Å². The molecule has 0 bridgehead atoms. The van der Waals surface area contributed by atoms with Crippen molar-refractivity contribution in [3.05, 3.63) is 34.3 Å². The van der Waals surface area contributed by atoms with Gasteiger partial charge in [-0.3, -0.25) is 4.79 Å². The van der Waals surface area contributed by atoms with Crippen molar-refractivity contribution in [3.8, 4) is 0 Å². The van der Waals surface area contributed by atoms with E-state index in [2.05, 4.69) is 26.6 Å². The molecule has 0 saturated carbocycles. The molecule has 2 rings (SSSR count). The van der Waals surface area contributed by atoms with Gasteiger partial charge in [0.05, 0.1) is 25.3 Å². The Morgan fingerprint density at radius 1 is 1.33 bits per heavy atom.